The molecule has 1 spiro atoms. The molecule has 278 valence electrons. The standard InChI is InChI=1S/C37H64O11/c1-12-27(38)35(9)18-20(3)37(41,48-35)28-17-19(2)32(44-28)34(8)15-13-25(45-34)26-14-16-36(46-26)24(7)31(43-11)22(5)30(47-36)21(4)29(42-10)23(6)33(39)40/h19-32,38,41H,12-18H2,1-11H3,(H,39,40)/t19?,20?,21?,22?,23?,24?,25?,26?,27?,28?,29?,30?,31?,32?,34-,35-,36-,37-/m0/s1. The first-order chi connectivity index (χ1) is 22.4. The Kier molecular flexibility index (Phi) is 11.1. The SMILES string of the molecule is CCC(O)[C@]1(C)CC(C)[C@@](O)(C2CC(C)C([C@]3(C)CCC(C4CC[C@]5(O4)OC(C(C)C(OC)C(C)C(=O)O)C(C)C(OC)C5C)O3)O2)O1. The molecule has 0 radical (unpaired) electrons. The summed E-state index contributed by atoms with van der Waals surface area (Å²) < 4.78 is 45.6. The van der Waals surface area contributed by atoms with E-state index in [1.165, 1.54) is 0 Å². The van der Waals surface area contributed by atoms with Crippen LogP contribution in [0.2, 0.25) is 0 Å². The summed E-state index contributed by atoms with van der Waals surface area (Å²) in [7, 11) is 3.28. The number of carboxylic acids is 1. The van der Waals surface area contributed by atoms with Gasteiger partial charge in [-0.1, -0.05) is 41.5 Å². The number of carbonyl (C=O) groups is 1. The molecule has 5 aliphatic rings. The molecule has 0 saturated carbocycles. The fourth-order valence-corrected chi connectivity index (χ4v) is 10.4. The highest BCUT2D eigenvalue weighted by molar-refractivity contribution is 5.70. The number of methoxy groups -OCH3 is 2. The smallest absolute Gasteiger partial charge is 0.308 e. The quantitative estimate of drug-likeness (QED) is 0.273. The Labute approximate surface area is 287 Å². The first-order valence-corrected chi connectivity index (χ1v) is 18.5. The van der Waals surface area contributed by atoms with Crippen LogP contribution in [0.4, 0.5) is 0 Å². The number of hydrogen-bond acceptors (Lipinski definition) is 10. The molecule has 0 aromatic heterocycles. The Bertz CT molecular complexity index is 1140. The van der Waals surface area contributed by atoms with Crippen LogP contribution in [0.5, 0.6) is 0 Å². The van der Waals surface area contributed by atoms with Gasteiger partial charge in [0.15, 0.2) is 11.6 Å². The van der Waals surface area contributed by atoms with Crippen LogP contribution in [0, 0.1) is 35.5 Å². The zero-order valence-corrected chi connectivity index (χ0v) is 31.1. The Morgan fingerprint density at radius 2 is 1.65 bits per heavy atom. The minimum Gasteiger partial charge on any atom is -0.481 e. The number of carboxylic acid groups (broad SMARTS) is 1. The number of ether oxygens (including phenoxy) is 7. The van der Waals surface area contributed by atoms with Crippen molar-refractivity contribution < 1.29 is 53.3 Å². The lowest BCUT2D eigenvalue weighted by Gasteiger charge is -2.52. The summed E-state index contributed by atoms with van der Waals surface area (Å²) in [6.45, 7) is 17.9. The van der Waals surface area contributed by atoms with Gasteiger partial charge >= 0.3 is 5.97 Å². The molecule has 3 N–H and O–H groups in total. The number of aliphatic hydroxyl groups excluding tert-OH is 1. The monoisotopic (exact) mass is 684 g/mol. The first-order valence-electron chi connectivity index (χ1n) is 18.5. The molecule has 5 fully saturated rings. The minimum atomic E-state index is -1.48. The molecule has 0 aliphatic carbocycles. The van der Waals surface area contributed by atoms with Crippen molar-refractivity contribution in [2.45, 2.75) is 179 Å². The fourth-order valence-electron chi connectivity index (χ4n) is 10.4. The minimum absolute atomic E-state index is 0.00335. The summed E-state index contributed by atoms with van der Waals surface area (Å²) in [4.78, 5) is 11.9. The zero-order chi connectivity index (χ0) is 35.6. The van der Waals surface area contributed by atoms with Crippen molar-refractivity contribution in [2.75, 3.05) is 14.2 Å². The third-order valence-electron chi connectivity index (χ3n) is 13.3. The molecule has 18 atom stereocenters. The van der Waals surface area contributed by atoms with Crippen LogP contribution in [0.3, 0.4) is 0 Å². The second kappa shape index (κ2) is 13.9. The van der Waals surface area contributed by atoms with Crippen LogP contribution in [-0.4, -0.2) is 107 Å². The van der Waals surface area contributed by atoms with E-state index in [9.17, 15) is 20.1 Å². The molecule has 5 saturated heterocycles. The van der Waals surface area contributed by atoms with Gasteiger partial charge in [0, 0.05) is 44.3 Å². The predicted molar refractivity (Wildman–Crippen MR) is 177 cm³/mol. The van der Waals surface area contributed by atoms with Crippen molar-refractivity contribution in [3.05, 3.63) is 0 Å². The van der Waals surface area contributed by atoms with Crippen LogP contribution in [0.25, 0.3) is 0 Å². The van der Waals surface area contributed by atoms with Crippen molar-refractivity contribution >= 4 is 5.97 Å². The predicted octanol–water partition coefficient (Wildman–Crippen LogP) is 4.93. The summed E-state index contributed by atoms with van der Waals surface area (Å²) in [5.74, 6) is -4.30. The third-order valence-corrected chi connectivity index (χ3v) is 13.3. The van der Waals surface area contributed by atoms with Gasteiger partial charge in [-0.3, -0.25) is 4.79 Å². The van der Waals surface area contributed by atoms with Gasteiger partial charge in [0.2, 0.25) is 0 Å². The number of hydrogen-bond donors (Lipinski definition) is 3. The fraction of sp³-hybridized carbons (Fsp3) is 0.973. The van der Waals surface area contributed by atoms with Gasteiger partial charge in [-0.25, -0.2) is 0 Å². The van der Waals surface area contributed by atoms with Gasteiger partial charge in [-0.2, -0.15) is 0 Å². The average molecular weight is 685 g/mol. The lowest BCUT2D eigenvalue weighted by atomic mass is 9.74. The van der Waals surface area contributed by atoms with E-state index in [2.05, 4.69) is 27.7 Å². The van der Waals surface area contributed by atoms with Gasteiger partial charge in [-0.05, 0) is 65.2 Å². The maximum Gasteiger partial charge on any atom is 0.308 e. The van der Waals surface area contributed by atoms with E-state index in [4.69, 9.17) is 33.2 Å². The molecule has 0 amide bonds. The van der Waals surface area contributed by atoms with E-state index in [0.29, 0.717) is 25.7 Å². The van der Waals surface area contributed by atoms with Crippen molar-refractivity contribution in [1.82, 2.24) is 0 Å². The van der Waals surface area contributed by atoms with Crippen molar-refractivity contribution in [3.63, 3.8) is 0 Å². The normalized spacial score (nSPS) is 50.5. The highest BCUT2D eigenvalue weighted by atomic mass is 16.7. The summed E-state index contributed by atoms with van der Waals surface area (Å²) in [5.41, 5.74) is -1.39. The van der Waals surface area contributed by atoms with Gasteiger partial charge < -0.3 is 48.5 Å². The van der Waals surface area contributed by atoms with Crippen molar-refractivity contribution in [2.24, 2.45) is 35.5 Å². The number of aliphatic hydroxyl groups is 2. The Morgan fingerprint density at radius 1 is 1.00 bits per heavy atom. The molecule has 0 aromatic carbocycles. The number of aliphatic carboxylic acids is 1. The molecule has 5 rings (SSSR count). The van der Waals surface area contributed by atoms with Crippen molar-refractivity contribution in [3.8, 4) is 0 Å². The number of rotatable bonds is 11. The third kappa shape index (κ3) is 6.40. The molecular formula is C37H64O11. The molecule has 0 aromatic rings. The van der Waals surface area contributed by atoms with E-state index in [1.807, 2.05) is 27.7 Å². The summed E-state index contributed by atoms with van der Waals surface area (Å²) in [5, 5.41) is 32.3. The lowest BCUT2D eigenvalue weighted by molar-refractivity contribution is -0.346. The Morgan fingerprint density at radius 3 is 2.25 bits per heavy atom. The van der Waals surface area contributed by atoms with Crippen LogP contribution in [0.15, 0.2) is 0 Å². The largest absolute Gasteiger partial charge is 0.481 e. The van der Waals surface area contributed by atoms with Crippen LogP contribution < -0.4 is 0 Å². The maximum atomic E-state index is 11.9. The van der Waals surface area contributed by atoms with Crippen LogP contribution >= 0.6 is 0 Å². The van der Waals surface area contributed by atoms with E-state index >= 15 is 0 Å². The van der Waals surface area contributed by atoms with Gasteiger partial charge in [-0.15, -0.1) is 0 Å². The highest BCUT2D eigenvalue weighted by Gasteiger charge is 2.63. The van der Waals surface area contributed by atoms with E-state index in [1.54, 1.807) is 21.1 Å². The summed E-state index contributed by atoms with van der Waals surface area (Å²) in [6, 6.07) is 0. The topological polar surface area (TPSA) is 142 Å². The molecular weight excluding hydrogens is 620 g/mol. The van der Waals surface area contributed by atoms with E-state index in [-0.39, 0.29) is 60.1 Å². The molecule has 11 nitrogen and oxygen atoms in total. The van der Waals surface area contributed by atoms with Crippen molar-refractivity contribution in [1.29, 1.82) is 0 Å². The van der Waals surface area contributed by atoms with Gasteiger partial charge in [0.25, 0.3) is 0 Å². The van der Waals surface area contributed by atoms with Gasteiger partial charge in [0.1, 0.15) is 6.10 Å². The zero-order valence-electron chi connectivity index (χ0n) is 31.1. The van der Waals surface area contributed by atoms with E-state index in [0.717, 1.165) is 19.3 Å². The molecule has 14 unspecified atom stereocenters. The molecule has 5 aliphatic heterocycles. The molecule has 48 heavy (non-hydrogen) atoms. The summed E-state index contributed by atoms with van der Waals surface area (Å²) in [6.07, 6.45) is 2.04. The first kappa shape index (κ1) is 38.3. The van der Waals surface area contributed by atoms with Crippen LogP contribution in [-0.2, 0) is 38.0 Å². The molecule has 0 bridgehead atoms. The second-order valence-electron chi connectivity index (χ2n) is 16.6. The Hall–Kier alpha value is -0.890. The van der Waals surface area contributed by atoms with E-state index < -0.39 is 53.0 Å². The maximum absolute atomic E-state index is 11.9. The highest BCUT2D eigenvalue weighted by Crippen LogP contribution is 2.54. The summed E-state index contributed by atoms with van der Waals surface area (Å²) >= 11 is 0. The lowest BCUT2D eigenvalue weighted by Crippen LogP contribution is -2.60. The Balaban J connectivity index is 1.28. The van der Waals surface area contributed by atoms with Crippen LogP contribution in [0.1, 0.15) is 107 Å². The molecule has 5 heterocycles. The molecule has 11 heteroatoms. The average Bonchev–Trinajstić information content (AvgIpc) is 3.80. The van der Waals surface area contributed by atoms with Gasteiger partial charge in [0.05, 0.1) is 59.8 Å². The second-order valence-corrected chi connectivity index (χ2v) is 16.6.